The summed E-state index contributed by atoms with van der Waals surface area (Å²) in [4.78, 5) is 20.8. The van der Waals surface area contributed by atoms with Crippen LogP contribution in [0.4, 0.5) is 5.82 Å². The Kier molecular flexibility index (Phi) is 5.24. The van der Waals surface area contributed by atoms with E-state index in [0.717, 1.165) is 18.7 Å². The van der Waals surface area contributed by atoms with Gasteiger partial charge in [0.15, 0.2) is 0 Å². The molecule has 0 unspecified atom stereocenters. The van der Waals surface area contributed by atoms with E-state index in [2.05, 4.69) is 14.6 Å². The molecule has 3 rings (SSSR count). The number of amides is 1. The molecule has 0 spiro atoms. The number of hydrogen-bond donors (Lipinski definition) is 1. The number of rotatable bonds is 4. The fourth-order valence-corrected chi connectivity index (χ4v) is 3.70. The molecule has 1 aliphatic heterocycles. The van der Waals surface area contributed by atoms with Crippen molar-refractivity contribution < 1.29 is 13.2 Å². The van der Waals surface area contributed by atoms with Crippen LogP contribution in [-0.2, 0) is 10.0 Å². The minimum Gasteiger partial charge on any atom is -0.335 e. The Balaban J connectivity index is 1.77. The van der Waals surface area contributed by atoms with Crippen LogP contribution >= 0.6 is 0 Å². The molecule has 8 heteroatoms. The summed E-state index contributed by atoms with van der Waals surface area (Å²) in [7, 11) is -1.73. The Labute approximate surface area is 153 Å². The molecular formula is C18H22N4O3S. The molecule has 0 radical (unpaired) electrons. The molecule has 2 aromatic rings. The lowest BCUT2D eigenvalue weighted by Gasteiger charge is -2.32. The van der Waals surface area contributed by atoms with Gasteiger partial charge >= 0.3 is 0 Å². The highest BCUT2D eigenvalue weighted by Gasteiger charge is 2.22. The normalized spacial score (nSPS) is 15.7. The molecule has 1 saturated heterocycles. The maximum Gasteiger partial charge on any atom is 0.272 e. The summed E-state index contributed by atoms with van der Waals surface area (Å²) in [6.07, 6.45) is 0. The zero-order valence-corrected chi connectivity index (χ0v) is 15.7. The van der Waals surface area contributed by atoms with Crippen LogP contribution in [0, 0.1) is 6.92 Å². The lowest BCUT2D eigenvalue weighted by Crippen LogP contribution is -2.47. The number of aromatic nitrogens is 1. The Bertz CT molecular complexity index is 889. The number of carbonyl (C=O) groups excluding carboxylic acids is 1. The van der Waals surface area contributed by atoms with Gasteiger partial charge in [-0.05, 0) is 38.2 Å². The third-order valence-electron chi connectivity index (χ3n) is 4.33. The lowest BCUT2D eigenvalue weighted by atomic mass is 10.2. The van der Waals surface area contributed by atoms with Crippen molar-refractivity contribution in [1.82, 2.24) is 14.8 Å². The summed E-state index contributed by atoms with van der Waals surface area (Å²) in [5.41, 5.74) is 1.21. The second-order valence-electron chi connectivity index (χ2n) is 6.42. The fourth-order valence-electron chi connectivity index (χ4n) is 2.70. The summed E-state index contributed by atoms with van der Waals surface area (Å²) in [5, 5.41) is 0. The molecule has 1 fully saturated rings. The molecule has 1 aromatic heterocycles. The molecule has 7 nitrogen and oxygen atoms in total. The van der Waals surface area contributed by atoms with E-state index in [1.54, 1.807) is 29.2 Å². The number of nitrogens with one attached hydrogen (secondary N) is 1. The molecule has 1 aromatic carbocycles. The molecule has 1 N–H and O–H groups in total. The number of aryl methyl sites for hydroxylation is 1. The van der Waals surface area contributed by atoms with Crippen molar-refractivity contribution in [3.05, 3.63) is 53.7 Å². The predicted molar refractivity (Wildman–Crippen MR) is 99.6 cm³/mol. The molecule has 2 heterocycles. The minimum absolute atomic E-state index is 0.130. The number of sulfonamides is 1. The Morgan fingerprint density at radius 1 is 1.04 bits per heavy atom. The van der Waals surface area contributed by atoms with Crippen LogP contribution in [0.3, 0.4) is 0 Å². The summed E-state index contributed by atoms with van der Waals surface area (Å²) >= 11 is 0. The smallest absolute Gasteiger partial charge is 0.272 e. The van der Waals surface area contributed by atoms with Gasteiger partial charge in [0.05, 0.1) is 4.90 Å². The van der Waals surface area contributed by atoms with Crippen molar-refractivity contribution in [3.8, 4) is 0 Å². The van der Waals surface area contributed by atoms with Crippen LogP contribution in [0.15, 0.2) is 47.4 Å². The number of pyridine rings is 1. The van der Waals surface area contributed by atoms with Gasteiger partial charge in [0.1, 0.15) is 11.5 Å². The summed E-state index contributed by atoms with van der Waals surface area (Å²) < 4.78 is 27.4. The first-order valence-corrected chi connectivity index (χ1v) is 9.88. The third-order valence-corrected chi connectivity index (χ3v) is 5.70. The Morgan fingerprint density at radius 3 is 2.35 bits per heavy atom. The number of carbonyl (C=O) groups is 1. The van der Waals surface area contributed by atoms with Crippen LogP contribution < -0.4 is 4.72 Å². The zero-order chi connectivity index (χ0) is 18.7. The van der Waals surface area contributed by atoms with Gasteiger partial charge in [-0.25, -0.2) is 13.4 Å². The average Bonchev–Trinajstić information content (AvgIpc) is 2.62. The van der Waals surface area contributed by atoms with Crippen LogP contribution in [-0.4, -0.2) is 62.3 Å². The van der Waals surface area contributed by atoms with Crippen molar-refractivity contribution in [2.45, 2.75) is 11.8 Å². The molecule has 26 heavy (non-hydrogen) atoms. The van der Waals surface area contributed by atoms with Gasteiger partial charge in [-0.1, -0.05) is 23.8 Å². The lowest BCUT2D eigenvalue weighted by molar-refractivity contribution is 0.0658. The molecule has 0 saturated carbocycles. The molecule has 1 amide bonds. The van der Waals surface area contributed by atoms with Crippen LogP contribution in [0.1, 0.15) is 16.1 Å². The molecular weight excluding hydrogens is 352 g/mol. The quantitative estimate of drug-likeness (QED) is 0.879. The van der Waals surface area contributed by atoms with E-state index in [1.165, 1.54) is 18.2 Å². The van der Waals surface area contributed by atoms with E-state index >= 15 is 0 Å². The van der Waals surface area contributed by atoms with Crippen LogP contribution in [0.25, 0.3) is 0 Å². The highest BCUT2D eigenvalue weighted by Crippen LogP contribution is 2.16. The monoisotopic (exact) mass is 374 g/mol. The first-order chi connectivity index (χ1) is 12.3. The predicted octanol–water partition coefficient (Wildman–Crippen LogP) is 1.58. The molecule has 0 aliphatic carbocycles. The fraction of sp³-hybridized carbons (Fsp3) is 0.333. The van der Waals surface area contributed by atoms with E-state index < -0.39 is 10.0 Å². The van der Waals surface area contributed by atoms with Crippen molar-refractivity contribution >= 4 is 21.7 Å². The van der Waals surface area contributed by atoms with Crippen molar-refractivity contribution in [1.29, 1.82) is 0 Å². The van der Waals surface area contributed by atoms with Gasteiger partial charge in [-0.2, -0.15) is 0 Å². The SMILES string of the molecule is Cc1ccc(S(=O)(=O)Nc2cccc(C(=O)N3CCN(C)CC3)n2)cc1. The van der Waals surface area contributed by atoms with Crippen molar-refractivity contribution in [3.63, 3.8) is 0 Å². The van der Waals surface area contributed by atoms with Gasteiger partial charge in [-0.15, -0.1) is 0 Å². The molecule has 138 valence electrons. The first-order valence-electron chi connectivity index (χ1n) is 8.39. The highest BCUT2D eigenvalue weighted by atomic mass is 32.2. The van der Waals surface area contributed by atoms with E-state index in [0.29, 0.717) is 13.1 Å². The Hall–Kier alpha value is -2.45. The van der Waals surface area contributed by atoms with Crippen LogP contribution in [0.5, 0.6) is 0 Å². The summed E-state index contributed by atoms with van der Waals surface area (Å²) in [6.45, 7) is 4.78. The number of hydrogen-bond acceptors (Lipinski definition) is 5. The number of likely N-dealkylation sites (N-methyl/N-ethyl adjacent to an activating group) is 1. The molecule has 0 bridgehead atoms. The van der Waals surface area contributed by atoms with Gasteiger partial charge in [-0.3, -0.25) is 9.52 Å². The van der Waals surface area contributed by atoms with Crippen molar-refractivity contribution in [2.24, 2.45) is 0 Å². The van der Waals surface area contributed by atoms with E-state index in [4.69, 9.17) is 0 Å². The molecule has 0 atom stereocenters. The van der Waals surface area contributed by atoms with Gasteiger partial charge in [0, 0.05) is 26.2 Å². The van der Waals surface area contributed by atoms with Gasteiger partial charge in [0.2, 0.25) is 0 Å². The minimum atomic E-state index is -3.75. The maximum atomic E-state index is 12.6. The Morgan fingerprint density at radius 2 is 1.69 bits per heavy atom. The maximum absolute atomic E-state index is 12.6. The molecule has 1 aliphatic rings. The topological polar surface area (TPSA) is 82.6 Å². The van der Waals surface area contributed by atoms with E-state index in [1.807, 2.05) is 14.0 Å². The third kappa shape index (κ3) is 4.20. The second-order valence-corrected chi connectivity index (χ2v) is 8.10. The van der Waals surface area contributed by atoms with Crippen molar-refractivity contribution in [2.75, 3.05) is 37.9 Å². The van der Waals surface area contributed by atoms with Crippen LogP contribution in [0.2, 0.25) is 0 Å². The summed E-state index contributed by atoms with van der Waals surface area (Å²) in [6, 6.07) is 11.3. The number of piperazine rings is 1. The highest BCUT2D eigenvalue weighted by molar-refractivity contribution is 7.92. The van der Waals surface area contributed by atoms with E-state index in [9.17, 15) is 13.2 Å². The van der Waals surface area contributed by atoms with Gasteiger partial charge in [0.25, 0.3) is 15.9 Å². The zero-order valence-electron chi connectivity index (χ0n) is 14.8. The number of anilines is 1. The number of nitrogens with zero attached hydrogens (tertiary/aromatic N) is 3. The standard InChI is InChI=1S/C18H22N4O3S/c1-14-6-8-15(9-7-14)26(24,25)20-17-5-3-4-16(19-17)18(23)22-12-10-21(2)11-13-22/h3-9H,10-13H2,1-2H3,(H,19,20). The average molecular weight is 374 g/mol. The number of benzene rings is 1. The van der Waals surface area contributed by atoms with E-state index in [-0.39, 0.29) is 22.3 Å². The second kappa shape index (κ2) is 7.43. The van der Waals surface area contributed by atoms with Gasteiger partial charge < -0.3 is 9.80 Å². The largest absolute Gasteiger partial charge is 0.335 e. The summed E-state index contributed by atoms with van der Waals surface area (Å²) in [5.74, 6) is -0.0555. The first kappa shape index (κ1) is 18.3.